The number of nitrogens with zero attached hydrogens (tertiary/aromatic N) is 9. The zero-order valence-electron chi connectivity index (χ0n) is 37.6. The molecule has 0 aliphatic rings. The van der Waals surface area contributed by atoms with Crippen LogP contribution in [0.2, 0.25) is 0 Å². The second-order valence-corrected chi connectivity index (χ2v) is 16.9. The maximum absolute atomic E-state index is 5.42. The molecule has 6 aromatic heterocycles. The molecule has 10 heteroatoms. The molecule has 0 aliphatic carbocycles. The number of aromatic nitrogens is 9. The number of hydrogen-bond acceptors (Lipinski definition) is 6. The Balaban J connectivity index is 0.00000505. The minimum Gasteiger partial charge on any atom is -0.292 e. The van der Waals surface area contributed by atoms with Crippen molar-refractivity contribution in [1.29, 1.82) is 0 Å². The van der Waals surface area contributed by atoms with Gasteiger partial charge in [-0.3, -0.25) is 28.7 Å². The van der Waals surface area contributed by atoms with Gasteiger partial charge in [-0.25, -0.2) is 15.0 Å². The minimum absolute atomic E-state index is 0. The summed E-state index contributed by atoms with van der Waals surface area (Å²) in [5.74, 6) is 2.36. The van der Waals surface area contributed by atoms with Gasteiger partial charge in [-0.15, -0.1) is 0 Å². The Hall–Kier alpha value is -9.54. The van der Waals surface area contributed by atoms with E-state index in [1.807, 2.05) is 91.4 Å². The molecule has 0 saturated heterocycles. The maximum Gasteiger partial charge on any atom is 0.145 e. The van der Waals surface area contributed by atoms with Gasteiger partial charge < -0.3 is 0 Å². The summed E-state index contributed by atoms with van der Waals surface area (Å²) in [6, 6.07) is 75.2. The molecule has 70 heavy (non-hydrogen) atoms. The van der Waals surface area contributed by atoms with E-state index in [2.05, 4.69) is 174 Å². The summed E-state index contributed by atoms with van der Waals surface area (Å²) >= 11 is 0. The second-order valence-electron chi connectivity index (χ2n) is 16.9. The molecule has 327 valence electrons. The van der Waals surface area contributed by atoms with Crippen LogP contribution in [-0.2, 0) is 0 Å². The van der Waals surface area contributed by atoms with E-state index in [0.29, 0.717) is 0 Å². The summed E-state index contributed by atoms with van der Waals surface area (Å²) < 4.78 is 6.75. The van der Waals surface area contributed by atoms with Crippen molar-refractivity contribution in [2.45, 2.75) is 0 Å². The molecule has 3 radical (unpaired) electrons. The first kappa shape index (κ1) is 41.9. The van der Waals surface area contributed by atoms with Crippen LogP contribution in [-0.4, -0.2) is 52.0 Å². The van der Waals surface area contributed by atoms with Crippen LogP contribution in [0, 0.1) is 0 Å². The van der Waals surface area contributed by atoms with Gasteiger partial charge in [0.05, 0.1) is 50.2 Å². The zero-order chi connectivity index (χ0) is 45.7. The average Bonchev–Trinajstić information content (AvgIpc) is 4.14. The molecular weight excluding hydrogens is 858 g/mol. The van der Waals surface area contributed by atoms with Gasteiger partial charge in [-0.1, -0.05) is 91.0 Å². The van der Waals surface area contributed by atoms with Crippen LogP contribution in [0.25, 0.3) is 118 Å². The largest absolute Gasteiger partial charge is 0.292 e. The quantitative estimate of drug-likeness (QED) is 0.134. The number of para-hydroxylation sites is 6. The third-order valence-electron chi connectivity index (χ3n) is 12.6. The molecule has 0 fully saturated rings. The number of rotatable bonds is 9. The molecule has 0 bridgehead atoms. The van der Waals surface area contributed by atoms with Crippen molar-refractivity contribution in [2.24, 2.45) is 0 Å². The first-order valence-electron chi connectivity index (χ1n) is 22.8. The van der Waals surface area contributed by atoms with Gasteiger partial charge in [0.25, 0.3) is 0 Å². The lowest BCUT2D eigenvalue weighted by Gasteiger charge is -2.16. The number of imidazole rings is 3. The van der Waals surface area contributed by atoms with Gasteiger partial charge in [0, 0.05) is 77.4 Å². The van der Waals surface area contributed by atoms with Crippen molar-refractivity contribution in [3.8, 4) is 85.0 Å². The van der Waals surface area contributed by atoms with Gasteiger partial charge in [-0.05, 0) is 127 Å². The molecule has 0 atom stereocenters. The summed E-state index contributed by atoms with van der Waals surface area (Å²) in [5.41, 5.74) is 17.1. The molecule has 13 rings (SSSR count). The normalized spacial score (nSPS) is 11.3. The fourth-order valence-electron chi connectivity index (χ4n) is 9.40. The molecule has 0 unspecified atom stereocenters. The van der Waals surface area contributed by atoms with E-state index in [1.54, 1.807) is 0 Å². The van der Waals surface area contributed by atoms with Crippen LogP contribution in [0.5, 0.6) is 0 Å². The van der Waals surface area contributed by atoms with Crippen LogP contribution >= 0.6 is 0 Å². The van der Waals surface area contributed by atoms with Crippen LogP contribution in [0.3, 0.4) is 0 Å². The number of pyridine rings is 3. The fraction of sp³-hybridized carbons (Fsp3) is 0. The number of hydrogen-bond donors (Lipinski definition) is 0. The Labute approximate surface area is 405 Å². The molecule has 6 heterocycles. The van der Waals surface area contributed by atoms with Gasteiger partial charge in [0.15, 0.2) is 0 Å². The summed E-state index contributed by atoms with van der Waals surface area (Å²) in [6.45, 7) is 0. The van der Waals surface area contributed by atoms with E-state index in [-0.39, 0.29) is 8.41 Å². The van der Waals surface area contributed by atoms with Crippen molar-refractivity contribution in [3.63, 3.8) is 0 Å². The van der Waals surface area contributed by atoms with Crippen molar-refractivity contribution in [1.82, 2.24) is 43.6 Å². The van der Waals surface area contributed by atoms with Crippen molar-refractivity contribution in [2.75, 3.05) is 0 Å². The Morgan fingerprint density at radius 2 is 0.529 bits per heavy atom. The Kier molecular flexibility index (Phi) is 10.5. The minimum atomic E-state index is 0. The Bertz CT molecular complexity index is 3550. The monoisotopic (exact) mass is 896 g/mol. The third-order valence-corrected chi connectivity index (χ3v) is 12.6. The zero-order valence-corrected chi connectivity index (χ0v) is 37.6. The predicted octanol–water partition coefficient (Wildman–Crippen LogP) is 13.5. The van der Waals surface area contributed by atoms with Crippen LogP contribution in [0.1, 0.15) is 0 Å². The SMILES string of the molecule is [B].c1ccc(-c2ccc(-n3c(-c4cc(-c5nc6ccccc6n5-c5ccc(-c6ccccn6)cc5)cc(-c5nc6ccccc6n5-c5ccc(-c6ccccn6)cc5)c4)nc4ccccc43)cc2)nc1. The highest BCUT2D eigenvalue weighted by molar-refractivity contribution is 5.90. The first-order chi connectivity index (χ1) is 34.2. The van der Waals surface area contributed by atoms with Crippen LogP contribution < -0.4 is 0 Å². The van der Waals surface area contributed by atoms with Crippen molar-refractivity contribution < 1.29 is 0 Å². The molecule has 0 spiro atoms. The lowest BCUT2D eigenvalue weighted by molar-refractivity contribution is 1.09. The van der Waals surface area contributed by atoms with Crippen molar-refractivity contribution >= 4 is 41.5 Å². The lowest BCUT2D eigenvalue weighted by atomic mass is 10.0. The third kappa shape index (κ3) is 7.41. The summed E-state index contributed by atoms with van der Waals surface area (Å²) in [6.07, 6.45) is 5.48. The Morgan fingerprint density at radius 1 is 0.257 bits per heavy atom. The van der Waals surface area contributed by atoms with E-state index in [1.165, 1.54) is 0 Å². The second kappa shape index (κ2) is 17.6. The Morgan fingerprint density at radius 3 is 0.800 bits per heavy atom. The summed E-state index contributed by atoms with van der Waals surface area (Å²) in [5, 5.41) is 0. The summed E-state index contributed by atoms with van der Waals surface area (Å²) in [7, 11) is 0. The summed E-state index contributed by atoms with van der Waals surface area (Å²) in [4.78, 5) is 30.1. The first-order valence-corrected chi connectivity index (χ1v) is 22.8. The molecule has 0 N–H and O–H groups in total. The molecule has 13 aromatic rings. The van der Waals surface area contributed by atoms with E-state index in [9.17, 15) is 0 Å². The number of benzene rings is 7. The maximum atomic E-state index is 5.42. The van der Waals surface area contributed by atoms with E-state index in [0.717, 1.165) is 118 Å². The molecule has 0 aliphatic heterocycles. The highest BCUT2D eigenvalue weighted by Crippen LogP contribution is 2.39. The van der Waals surface area contributed by atoms with Gasteiger partial charge >= 0.3 is 0 Å². The molecule has 0 amide bonds. The van der Waals surface area contributed by atoms with E-state index < -0.39 is 0 Å². The van der Waals surface area contributed by atoms with Gasteiger partial charge in [-0.2, -0.15) is 0 Å². The highest BCUT2D eigenvalue weighted by atomic mass is 15.1. The fourth-order valence-corrected chi connectivity index (χ4v) is 9.40. The highest BCUT2D eigenvalue weighted by Gasteiger charge is 2.23. The van der Waals surface area contributed by atoms with Crippen LogP contribution in [0.4, 0.5) is 0 Å². The number of fused-ring (bicyclic) bond motifs is 3. The molecule has 0 saturated carbocycles. The van der Waals surface area contributed by atoms with Gasteiger partial charge in [0.2, 0.25) is 0 Å². The lowest BCUT2D eigenvalue weighted by Crippen LogP contribution is -2.02. The smallest absolute Gasteiger partial charge is 0.145 e. The predicted molar refractivity (Wildman–Crippen MR) is 282 cm³/mol. The van der Waals surface area contributed by atoms with Gasteiger partial charge in [0.1, 0.15) is 17.5 Å². The van der Waals surface area contributed by atoms with E-state index >= 15 is 0 Å². The molecular formula is C60H39BN9. The topological polar surface area (TPSA) is 92.1 Å². The molecule has 7 aromatic carbocycles. The average molecular weight is 897 g/mol. The van der Waals surface area contributed by atoms with E-state index in [4.69, 9.17) is 15.0 Å². The standard InChI is InChI=1S/C60H39N9.B/c1-4-19-55-52(16-1)64-58(67(55)46-28-22-40(23-29-46)49-13-7-10-34-61-49)43-37-44(59-65-53-17-2-5-20-56(53)68(59)47-30-24-41(25-31-47)50-14-8-11-35-62-50)39-45(38-43)60-66-54-18-3-6-21-57(54)69(60)48-32-26-42(27-33-48)51-15-9-12-36-63-51;/h1-39H;. The van der Waals surface area contributed by atoms with Crippen molar-refractivity contribution in [3.05, 3.63) is 237 Å². The molecule has 9 nitrogen and oxygen atoms in total. The van der Waals surface area contributed by atoms with Crippen LogP contribution in [0.15, 0.2) is 237 Å².